The molecular weight excluding hydrogens is 429 g/mol. The number of hydrogen-bond donors (Lipinski definition) is 2. The van der Waals surface area contributed by atoms with Gasteiger partial charge in [0.25, 0.3) is 0 Å². The zero-order chi connectivity index (χ0) is 22.9. The summed E-state index contributed by atoms with van der Waals surface area (Å²) in [7, 11) is 0. The molecule has 32 heavy (non-hydrogen) atoms. The standard InChI is InChI=1S/C21H15F3N4O4/c22-21(23,24)13-2-1-3-14(9-13)27-20(31)28-7-6-12-8-15(4-5-17(12)28)32-18-10-16(19(29)30)25-11-26-18/h1-5,8-11H,6-7H2,(H,27,31)(H,29,30). The highest BCUT2D eigenvalue weighted by Crippen LogP contribution is 2.34. The Kier molecular flexibility index (Phi) is 5.39. The molecule has 0 bridgehead atoms. The number of carboxylic acids is 1. The summed E-state index contributed by atoms with van der Waals surface area (Å²) in [5.41, 5.74) is 0.351. The number of urea groups is 1. The molecule has 0 aliphatic carbocycles. The lowest BCUT2D eigenvalue weighted by Gasteiger charge is -2.19. The summed E-state index contributed by atoms with van der Waals surface area (Å²) in [5.74, 6) is -0.776. The Morgan fingerprint density at radius 3 is 2.66 bits per heavy atom. The van der Waals surface area contributed by atoms with Gasteiger partial charge in [-0.1, -0.05) is 6.07 Å². The van der Waals surface area contributed by atoms with Gasteiger partial charge in [0.15, 0.2) is 5.69 Å². The Morgan fingerprint density at radius 2 is 1.91 bits per heavy atom. The van der Waals surface area contributed by atoms with Crippen LogP contribution in [0.25, 0.3) is 0 Å². The summed E-state index contributed by atoms with van der Waals surface area (Å²) < 4.78 is 44.3. The fraction of sp³-hybridized carbons (Fsp3) is 0.143. The Hall–Kier alpha value is -4.15. The van der Waals surface area contributed by atoms with Crippen LogP contribution in [-0.4, -0.2) is 33.6 Å². The van der Waals surface area contributed by atoms with E-state index in [2.05, 4.69) is 15.3 Å². The lowest BCUT2D eigenvalue weighted by molar-refractivity contribution is -0.137. The number of benzene rings is 2. The molecule has 0 spiro atoms. The van der Waals surface area contributed by atoms with E-state index in [9.17, 15) is 22.8 Å². The normalized spacial score (nSPS) is 12.9. The molecule has 0 atom stereocenters. The number of anilines is 2. The summed E-state index contributed by atoms with van der Waals surface area (Å²) in [6.45, 7) is 0.334. The topological polar surface area (TPSA) is 105 Å². The number of rotatable bonds is 4. The van der Waals surface area contributed by atoms with Gasteiger partial charge >= 0.3 is 18.2 Å². The monoisotopic (exact) mass is 444 g/mol. The predicted octanol–water partition coefficient (Wildman–Crippen LogP) is 4.58. The minimum atomic E-state index is -4.51. The van der Waals surface area contributed by atoms with Crippen LogP contribution in [0, 0.1) is 0 Å². The summed E-state index contributed by atoms with van der Waals surface area (Å²) in [5, 5.41) is 11.5. The maximum atomic E-state index is 12.9. The fourth-order valence-electron chi connectivity index (χ4n) is 3.25. The van der Waals surface area contributed by atoms with Gasteiger partial charge in [0.05, 0.1) is 5.56 Å². The molecule has 2 heterocycles. The number of carbonyl (C=O) groups is 2. The lowest BCUT2D eigenvalue weighted by Crippen LogP contribution is -2.33. The first-order valence-corrected chi connectivity index (χ1v) is 9.32. The third-order valence-corrected chi connectivity index (χ3v) is 4.72. The third kappa shape index (κ3) is 4.46. The first-order valence-electron chi connectivity index (χ1n) is 9.32. The van der Waals surface area contributed by atoms with Gasteiger partial charge in [-0.05, 0) is 48.4 Å². The number of hydrogen-bond acceptors (Lipinski definition) is 5. The first-order chi connectivity index (χ1) is 15.2. The minimum Gasteiger partial charge on any atom is -0.477 e. The van der Waals surface area contributed by atoms with Crippen LogP contribution in [0.15, 0.2) is 54.9 Å². The third-order valence-electron chi connectivity index (χ3n) is 4.72. The molecule has 2 amide bonds. The van der Waals surface area contributed by atoms with Crippen molar-refractivity contribution >= 4 is 23.4 Å². The minimum absolute atomic E-state index is 0.0382. The number of carboxylic acid groups (broad SMARTS) is 1. The maximum Gasteiger partial charge on any atom is 0.416 e. The van der Waals surface area contributed by atoms with Crippen LogP contribution in [0.1, 0.15) is 21.6 Å². The van der Waals surface area contributed by atoms with E-state index < -0.39 is 23.7 Å². The number of ether oxygens (including phenoxy) is 1. The van der Waals surface area contributed by atoms with Crippen molar-refractivity contribution in [3.63, 3.8) is 0 Å². The van der Waals surface area contributed by atoms with E-state index >= 15 is 0 Å². The molecule has 164 valence electrons. The molecule has 11 heteroatoms. The van der Waals surface area contributed by atoms with Crippen LogP contribution in [-0.2, 0) is 12.6 Å². The summed E-state index contributed by atoms with van der Waals surface area (Å²) in [4.78, 5) is 32.6. The SMILES string of the molecule is O=C(O)c1cc(Oc2ccc3c(c2)CCN3C(=O)Nc2cccc(C(F)(F)F)c2)ncn1. The number of aromatic carboxylic acids is 1. The Morgan fingerprint density at radius 1 is 1.09 bits per heavy atom. The Labute approximate surface area is 179 Å². The average molecular weight is 444 g/mol. The van der Waals surface area contributed by atoms with Crippen LogP contribution >= 0.6 is 0 Å². The summed E-state index contributed by atoms with van der Waals surface area (Å²) >= 11 is 0. The van der Waals surface area contributed by atoms with E-state index in [4.69, 9.17) is 9.84 Å². The zero-order valence-corrected chi connectivity index (χ0v) is 16.3. The molecule has 1 aliphatic rings. The van der Waals surface area contributed by atoms with Crippen molar-refractivity contribution < 1.29 is 32.6 Å². The van der Waals surface area contributed by atoms with Crippen LogP contribution in [0.2, 0.25) is 0 Å². The van der Waals surface area contributed by atoms with E-state index in [1.165, 1.54) is 23.1 Å². The van der Waals surface area contributed by atoms with Crippen molar-refractivity contribution in [2.24, 2.45) is 0 Å². The number of aromatic nitrogens is 2. The molecule has 0 saturated heterocycles. The lowest BCUT2D eigenvalue weighted by atomic mass is 10.1. The van der Waals surface area contributed by atoms with E-state index in [1.54, 1.807) is 18.2 Å². The van der Waals surface area contributed by atoms with Crippen LogP contribution in [0.4, 0.5) is 29.3 Å². The van der Waals surface area contributed by atoms with Crippen LogP contribution in [0.3, 0.4) is 0 Å². The second-order valence-corrected chi connectivity index (χ2v) is 6.85. The van der Waals surface area contributed by atoms with Crippen molar-refractivity contribution in [3.05, 3.63) is 71.7 Å². The molecule has 0 unspecified atom stereocenters. The molecule has 2 N–H and O–H groups in total. The van der Waals surface area contributed by atoms with Gasteiger partial charge in [-0.2, -0.15) is 13.2 Å². The number of halogens is 3. The van der Waals surface area contributed by atoms with Crippen molar-refractivity contribution in [2.75, 3.05) is 16.8 Å². The smallest absolute Gasteiger partial charge is 0.416 e. The molecule has 0 radical (unpaired) electrons. The molecule has 1 aromatic heterocycles. The average Bonchev–Trinajstić information content (AvgIpc) is 3.17. The van der Waals surface area contributed by atoms with Gasteiger partial charge < -0.3 is 15.2 Å². The van der Waals surface area contributed by atoms with Gasteiger partial charge in [-0.25, -0.2) is 19.6 Å². The van der Waals surface area contributed by atoms with E-state index in [1.807, 2.05) is 0 Å². The number of amides is 2. The number of carbonyl (C=O) groups excluding carboxylic acids is 1. The molecule has 2 aromatic carbocycles. The first kappa shape index (κ1) is 21.1. The molecular formula is C21H15F3N4O4. The van der Waals surface area contributed by atoms with E-state index in [-0.39, 0.29) is 17.3 Å². The number of nitrogens with one attached hydrogen (secondary N) is 1. The fourth-order valence-corrected chi connectivity index (χ4v) is 3.25. The quantitative estimate of drug-likeness (QED) is 0.610. The summed E-state index contributed by atoms with van der Waals surface area (Å²) in [6, 6.07) is 9.95. The molecule has 1 aliphatic heterocycles. The molecule has 3 aromatic rings. The van der Waals surface area contributed by atoms with Crippen molar-refractivity contribution in [1.29, 1.82) is 0 Å². The molecule has 8 nitrogen and oxygen atoms in total. The molecule has 0 fully saturated rings. The Balaban J connectivity index is 1.48. The molecule has 0 saturated carbocycles. The second-order valence-electron chi connectivity index (χ2n) is 6.85. The van der Waals surface area contributed by atoms with E-state index in [0.717, 1.165) is 24.0 Å². The highest BCUT2D eigenvalue weighted by atomic mass is 19.4. The van der Waals surface area contributed by atoms with Crippen molar-refractivity contribution in [2.45, 2.75) is 12.6 Å². The van der Waals surface area contributed by atoms with Gasteiger partial charge in [0.2, 0.25) is 5.88 Å². The number of nitrogens with zero attached hydrogens (tertiary/aromatic N) is 3. The van der Waals surface area contributed by atoms with Gasteiger partial charge in [0.1, 0.15) is 12.1 Å². The van der Waals surface area contributed by atoms with Gasteiger partial charge in [-0.15, -0.1) is 0 Å². The maximum absolute atomic E-state index is 12.9. The van der Waals surface area contributed by atoms with Gasteiger partial charge in [-0.3, -0.25) is 4.90 Å². The summed E-state index contributed by atoms with van der Waals surface area (Å²) in [6.07, 6.45) is -2.93. The largest absolute Gasteiger partial charge is 0.477 e. The number of alkyl halides is 3. The highest BCUT2D eigenvalue weighted by molar-refractivity contribution is 6.03. The van der Waals surface area contributed by atoms with Crippen LogP contribution in [0.5, 0.6) is 11.6 Å². The van der Waals surface area contributed by atoms with Crippen molar-refractivity contribution in [3.8, 4) is 11.6 Å². The molecule has 4 rings (SSSR count). The van der Waals surface area contributed by atoms with Gasteiger partial charge in [0, 0.05) is 24.0 Å². The van der Waals surface area contributed by atoms with Crippen LogP contribution < -0.4 is 15.0 Å². The van der Waals surface area contributed by atoms with E-state index in [0.29, 0.717) is 24.4 Å². The predicted molar refractivity (Wildman–Crippen MR) is 107 cm³/mol. The zero-order valence-electron chi connectivity index (χ0n) is 16.3. The number of fused-ring (bicyclic) bond motifs is 1. The highest BCUT2D eigenvalue weighted by Gasteiger charge is 2.31. The Bertz CT molecular complexity index is 1200. The second kappa shape index (κ2) is 8.17. The van der Waals surface area contributed by atoms with Crippen molar-refractivity contribution in [1.82, 2.24) is 9.97 Å².